The SMILES string of the molecule is Cc1ccc(NC(=O)Cn2nc(C)c3c(C(F)(F)F)cc(C4CC4)nc32)c(OC(F)F)c1. The molecule has 1 amide bonds. The molecule has 32 heavy (non-hydrogen) atoms. The molecule has 1 aliphatic rings. The third-order valence-corrected chi connectivity index (χ3v) is 5.12. The maximum Gasteiger partial charge on any atom is 0.417 e. The van der Waals surface area contributed by atoms with Gasteiger partial charge in [-0.2, -0.15) is 27.1 Å². The van der Waals surface area contributed by atoms with Gasteiger partial charge in [-0.25, -0.2) is 9.67 Å². The number of fused-ring (bicyclic) bond motifs is 1. The Bertz CT molecular complexity index is 1190. The van der Waals surface area contributed by atoms with Crippen LogP contribution >= 0.6 is 0 Å². The molecule has 2 aromatic heterocycles. The minimum atomic E-state index is -4.60. The second-order valence-corrected chi connectivity index (χ2v) is 7.73. The van der Waals surface area contributed by atoms with Gasteiger partial charge < -0.3 is 10.1 Å². The van der Waals surface area contributed by atoms with Crippen LogP contribution in [0.1, 0.15) is 41.3 Å². The van der Waals surface area contributed by atoms with Crippen molar-refractivity contribution in [2.75, 3.05) is 5.32 Å². The zero-order valence-electron chi connectivity index (χ0n) is 17.1. The number of amides is 1. The number of nitrogens with one attached hydrogen (secondary N) is 1. The fraction of sp³-hybridized carbons (Fsp3) is 0.381. The quantitative estimate of drug-likeness (QED) is 0.521. The lowest BCUT2D eigenvalue weighted by Crippen LogP contribution is -2.21. The Labute approximate surface area is 179 Å². The molecule has 0 unspecified atom stereocenters. The van der Waals surface area contributed by atoms with Crippen molar-refractivity contribution in [1.29, 1.82) is 0 Å². The third kappa shape index (κ3) is 4.51. The van der Waals surface area contributed by atoms with Gasteiger partial charge in [0.25, 0.3) is 0 Å². The number of carbonyl (C=O) groups is 1. The number of benzene rings is 1. The molecule has 0 atom stereocenters. The first kappa shape index (κ1) is 22.0. The molecule has 11 heteroatoms. The smallest absolute Gasteiger partial charge is 0.417 e. The van der Waals surface area contributed by atoms with Crippen LogP contribution in [0.5, 0.6) is 5.75 Å². The number of aryl methyl sites for hydroxylation is 2. The molecule has 1 aliphatic carbocycles. The highest BCUT2D eigenvalue weighted by Gasteiger charge is 2.37. The van der Waals surface area contributed by atoms with Crippen molar-refractivity contribution in [3.63, 3.8) is 0 Å². The summed E-state index contributed by atoms with van der Waals surface area (Å²) < 4.78 is 72.0. The second kappa shape index (κ2) is 8.03. The zero-order chi connectivity index (χ0) is 23.2. The number of hydrogen-bond acceptors (Lipinski definition) is 4. The summed E-state index contributed by atoms with van der Waals surface area (Å²) in [6.45, 7) is -0.454. The molecule has 0 radical (unpaired) electrons. The predicted molar refractivity (Wildman–Crippen MR) is 106 cm³/mol. The van der Waals surface area contributed by atoms with E-state index in [1.807, 2.05) is 0 Å². The van der Waals surface area contributed by atoms with Crippen LogP contribution in [0.3, 0.4) is 0 Å². The Morgan fingerprint density at radius 2 is 1.97 bits per heavy atom. The van der Waals surface area contributed by atoms with E-state index in [2.05, 4.69) is 20.1 Å². The van der Waals surface area contributed by atoms with E-state index >= 15 is 0 Å². The molecule has 1 aromatic carbocycles. The highest BCUT2D eigenvalue weighted by atomic mass is 19.4. The molecular weight excluding hydrogens is 435 g/mol. The molecule has 3 aromatic rings. The summed E-state index contributed by atoms with van der Waals surface area (Å²) >= 11 is 0. The highest BCUT2D eigenvalue weighted by molar-refractivity contribution is 5.93. The number of pyridine rings is 1. The monoisotopic (exact) mass is 454 g/mol. The molecule has 1 saturated carbocycles. The molecule has 170 valence electrons. The number of ether oxygens (including phenoxy) is 1. The van der Waals surface area contributed by atoms with Gasteiger partial charge in [-0.15, -0.1) is 0 Å². The lowest BCUT2D eigenvalue weighted by Gasteiger charge is -2.13. The first-order chi connectivity index (χ1) is 15.0. The van der Waals surface area contributed by atoms with Gasteiger partial charge >= 0.3 is 12.8 Å². The van der Waals surface area contributed by atoms with Gasteiger partial charge in [0, 0.05) is 11.6 Å². The van der Waals surface area contributed by atoms with Crippen molar-refractivity contribution in [3.8, 4) is 5.75 Å². The van der Waals surface area contributed by atoms with E-state index in [1.165, 1.54) is 19.1 Å². The average molecular weight is 454 g/mol. The van der Waals surface area contributed by atoms with Gasteiger partial charge in [-0.05, 0) is 50.5 Å². The highest BCUT2D eigenvalue weighted by Crippen LogP contribution is 2.43. The Kier molecular flexibility index (Phi) is 5.51. The molecule has 0 bridgehead atoms. The van der Waals surface area contributed by atoms with Gasteiger partial charge in [-0.1, -0.05) is 6.07 Å². The number of halogens is 5. The largest absolute Gasteiger partial charge is 0.433 e. The molecule has 0 aliphatic heterocycles. The molecule has 0 saturated heterocycles. The predicted octanol–water partition coefficient (Wildman–Crippen LogP) is 5.18. The average Bonchev–Trinajstić information content (AvgIpc) is 3.48. The molecule has 0 spiro atoms. The van der Waals surface area contributed by atoms with Crippen LogP contribution in [0.15, 0.2) is 24.3 Å². The fourth-order valence-corrected chi connectivity index (χ4v) is 3.55. The van der Waals surface area contributed by atoms with Crippen molar-refractivity contribution in [2.45, 2.75) is 51.9 Å². The Hall–Kier alpha value is -3.24. The van der Waals surface area contributed by atoms with Gasteiger partial charge in [-0.3, -0.25) is 4.79 Å². The number of carbonyl (C=O) groups excluding carboxylic acids is 1. The minimum absolute atomic E-state index is 0.0108. The minimum Gasteiger partial charge on any atom is -0.433 e. The number of anilines is 1. The van der Waals surface area contributed by atoms with Gasteiger partial charge in [0.1, 0.15) is 12.3 Å². The number of rotatable bonds is 6. The van der Waals surface area contributed by atoms with Crippen LogP contribution in [-0.4, -0.2) is 27.3 Å². The van der Waals surface area contributed by atoms with E-state index in [4.69, 9.17) is 0 Å². The summed E-state index contributed by atoms with van der Waals surface area (Å²) in [6, 6.07) is 5.40. The summed E-state index contributed by atoms with van der Waals surface area (Å²) in [7, 11) is 0. The van der Waals surface area contributed by atoms with Gasteiger partial charge in [0.15, 0.2) is 5.65 Å². The number of hydrogen-bond donors (Lipinski definition) is 1. The summed E-state index contributed by atoms with van der Waals surface area (Å²) in [5.74, 6) is -0.937. The first-order valence-corrected chi connectivity index (χ1v) is 9.83. The van der Waals surface area contributed by atoms with E-state index in [0.717, 1.165) is 23.6 Å². The number of aromatic nitrogens is 3. The number of nitrogens with zero attached hydrogens (tertiary/aromatic N) is 3. The maximum atomic E-state index is 13.7. The van der Waals surface area contributed by atoms with Crippen LogP contribution in [0, 0.1) is 13.8 Å². The van der Waals surface area contributed by atoms with Crippen LogP contribution in [0.4, 0.5) is 27.6 Å². The Balaban J connectivity index is 1.67. The van der Waals surface area contributed by atoms with Crippen molar-refractivity contribution in [1.82, 2.24) is 14.8 Å². The van der Waals surface area contributed by atoms with Crippen LogP contribution < -0.4 is 10.1 Å². The molecule has 1 fully saturated rings. The normalized spacial score (nSPS) is 14.2. The van der Waals surface area contributed by atoms with Crippen molar-refractivity contribution in [3.05, 3.63) is 46.8 Å². The van der Waals surface area contributed by atoms with E-state index in [1.54, 1.807) is 13.0 Å². The van der Waals surface area contributed by atoms with E-state index in [-0.39, 0.29) is 34.1 Å². The molecule has 6 nitrogen and oxygen atoms in total. The third-order valence-electron chi connectivity index (χ3n) is 5.12. The fourth-order valence-electron chi connectivity index (χ4n) is 3.55. The van der Waals surface area contributed by atoms with Crippen LogP contribution in [0.25, 0.3) is 11.0 Å². The standard InChI is InChI=1S/C21H19F5N4O2/c1-10-3-6-14(16(7-10)32-20(22)23)27-17(31)9-30-19-18(11(2)29-30)13(21(24,25)26)8-15(28-19)12-4-5-12/h3,6-8,12,20H,4-5,9H2,1-2H3,(H,27,31). The second-order valence-electron chi connectivity index (χ2n) is 7.73. The Morgan fingerprint density at radius 3 is 2.59 bits per heavy atom. The van der Waals surface area contributed by atoms with Crippen molar-refractivity contribution >= 4 is 22.6 Å². The molecular formula is C21H19F5N4O2. The molecule has 1 N–H and O–H groups in total. The lowest BCUT2D eigenvalue weighted by molar-refractivity contribution is -0.136. The topological polar surface area (TPSA) is 69.0 Å². The Morgan fingerprint density at radius 1 is 1.25 bits per heavy atom. The van der Waals surface area contributed by atoms with Crippen LogP contribution in [-0.2, 0) is 17.5 Å². The maximum absolute atomic E-state index is 13.7. The molecule has 4 rings (SSSR count). The summed E-state index contributed by atoms with van der Waals surface area (Å²) in [5.41, 5.74) is 0.187. The molecule has 2 heterocycles. The summed E-state index contributed by atoms with van der Waals surface area (Å²) in [5, 5.41) is 6.39. The van der Waals surface area contributed by atoms with Crippen LogP contribution in [0.2, 0.25) is 0 Å². The van der Waals surface area contributed by atoms with E-state index in [9.17, 15) is 26.7 Å². The summed E-state index contributed by atoms with van der Waals surface area (Å²) in [4.78, 5) is 17.0. The zero-order valence-corrected chi connectivity index (χ0v) is 17.1. The van der Waals surface area contributed by atoms with Crippen molar-refractivity contribution < 1.29 is 31.5 Å². The number of alkyl halides is 5. The van der Waals surface area contributed by atoms with Crippen molar-refractivity contribution in [2.24, 2.45) is 0 Å². The van der Waals surface area contributed by atoms with E-state index < -0.39 is 30.8 Å². The first-order valence-electron chi connectivity index (χ1n) is 9.83. The summed E-state index contributed by atoms with van der Waals surface area (Å²) in [6.07, 6.45) is -3.09. The van der Waals surface area contributed by atoms with Gasteiger partial charge in [0.2, 0.25) is 5.91 Å². The van der Waals surface area contributed by atoms with Gasteiger partial charge in [0.05, 0.1) is 22.3 Å². The lowest BCUT2D eigenvalue weighted by atomic mass is 10.1. The van der Waals surface area contributed by atoms with E-state index in [0.29, 0.717) is 11.3 Å².